The average Bonchev–Trinajstić information content (AvgIpc) is 2.53. The lowest BCUT2D eigenvalue weighted by molar-refractivity contribution is -0.141. The lowest BCUT2D eigenvalue weighted by Gasteiger charge is -2.34. The Morgan fingerprint density at radius 2 is 1.77 bits per heavy atom. The molecular weight excluding hydrogens is 287 g/mol. The number of aryl methyl sites for hydroxylation is 1. The van der Waals surface area contributed by atoms with E-state index >= 15 is 0 Å². The van der Waals surface area contributed by atoms with Crippen molar-refractivity contribution in [3.63, 3.8) is 0 Å². The number of hydrogen-bond donors (Lipinski definition) is 0. The summed E-state index contributed by atoms with van der Waals surface area (Å²) in [5.41, 5.74) is 0.822. The molecule has 1 heterocycles. The van der Waals surface area contributed by atoms with Gasteiger partial charge < -0.3 is 14.5 Å². The molecule has 120 valence electrons. The number of ether oxygens (including phenoxy) is 1. The van der Waals surface area contributed by atoms with E-state index in [1.165, 1.54) is 19.2 Å². The summed E-state index contributed by atoms with van der Waals surface area (Å²) in [4.78, 5) is 27.3. The third-order valence-corrected chi connectivity index (χ3v) is 3.77. The van der Waals surface area contributed by atoms with Gasteiger partial charge in [-0.3, -0.25) is 9.59 Å². The van der Waals surface area contributed by atoms with E-state index in [0.717, 1.165) is 5.56 Å². The number of amides is 2. The molecule has 1 aliphatic rings. The fourth-order valence-electron chi connectivity index (χ4n) is 2.52. The Bertz CT molecular complexity index is 528. The molecule has 1 aromatic rings. The van der Waals surface area contributed by atoms with Gasteiger partial charge in [0.1, 0.15) is 12.4 Å². The highest BCUT2D eigenvalue weighted by atomic mass is 19.1. The maximum absolute atomic E-state index is 13.1. The molecule has 1 aliphatic heterocycles. The predicted octanol–water partition coefficient (Wildman–Crippen LogP) is 1.08. The van der Waals surface area contributed by atoms with Gasteiger partial charge in [-0.25, -0.2) is 4.39 Å². The number of carbonyl (C=O) groups excluding carboxylic acids is 2. The quantitative estimate of drug-likeness (QED) is 0.818. The van der Waals surface area contributed by atoms with Crippen molar-refractivity contribution < 1.29 is 18.7 Å². The van der Waals surface area contributed by atoms with Crippen LogP contribution in [0.3, 0.4) is 0 Å². The van der Waals surface area contributed by atoms with Gasteiger partial charge in [-0.05, 0) is 24.1 Å². The highest BCUT2D eigenvalue weighted by molar-refractivity contribution is 5.79. The molecule has 0 atom stereocenters. The standard InChI is InChI=1S/C16H21FN2O3/c1-22-12-16(21)19-9-7-18(8-10-19)15(20)6-5-13-3-2-4-14(17)11-13/h2-4,11H,5-10,12H2,1H3. The Balaban J connectivity index is 1.76. The van der Waals surface area contributed by atoms with Crippen LogP contribution in [0.1, 0.15) is 12.0 Å². The van der Waals surface area contributed by atoms with Crippen molar-refractivity contribution in [3.8, 4) is 0 Å². The average molecular weight is 308 g/mol. The molecule has 1 fully saturated rings. The second-order valence-corrected chi connectivity index (χ2v) is 5.32. The van der Waals surface area contributed by atoms with Crippen LogP contribution in [0.15, 0.2) is 24.3 Å². The maximum Gasteiger partial charge on any atom is 0.248 e. The van der Waals surface area contributed by atoms with Crippen molar-refractivity contribution in [2.45, 2.75) is 12.8 Å². The first-order chi connectivity index (χ1) is 10.6. The number of halogens is 1. The maximum atomic E-state index is 13.1. The first-order valence-corrected chi connectivity index (χ1v) is 7.39. The molecule has 2 amide bonds. The van der Waals surface area contributed by atoms with Gasteiger partial charge in [-0.15, -0.1) is 0 Å². The fraction of sp³-hybridized carbons (Fsp3) is 0.500. The topological polar surface area (TPSA) is 49.9 Å². The molecule has 22 heavy (non-hydrogen) atoms. The smallest absolute Gasteiger partial charge is 0.248 e. The van der Waals surface area contributed by atoms with Gasteiger partial charge in [-0.2, -0.15) is 0 Å². The molecule has 0 aromatic heterocycles. The molecule has 0 saturated carbocycles. The van der Waals surface area contributed by atoms with Gasteiger partial charge in [0, 0.05) is 39.7 Å². The zero-order valence-electron chi connectivity index (χ0n) is 12.8. The summed E-state index contributed by atoms with van der Waals surface area (Å²) >= 11 is 0. The van der Waals surface area contributed by atoms with Gasteiger partial charge in [0.15, 0.2) is 0 Å². The number of hydrogen-bond acceptors (Lipinski definition) is 3. The van der Waals surface area contributed by atoms with Crippen LogP contribution in [0.25, 0.3) is 0 Å². The third kappa shape index (κ3) is 4.53. The van der Waals surface area contributed by atoms with E-state index in [9.17, 15) is 14.0 Å². The monoisotopic (exact) mass is 308 g/mol. The number of benzene rings is 1. The van der Waals surface area contributed by atoms with Crippen molar-refractivity contribution >= 4 is 11.8 Å². The van der Waals surface area contributed by atoms with Crippen LogP contribution in [-0.4, -0.2) is 61.5 Å². The van der Waals surface area contributed by atoms with E-state index in [2.05, 4.69) is 0 Å². The molecule has 0 bridgehead atoms. The molecule has 1 aromatic carbocycles. The summed E-state index contributed by atoms with van der Waals surface area (Å²) in [5.74, 6) is -0.285. The number of methoxy groups -OCH3 is 1. The van der Waals surface area contributed by atoms with Gasteiger partial charge >= 0.3 is 0 Å². The second kappa shape index (κ2) is 7.89. The normalized spacial score (nSPS) is 15.0. The highest BCUT2D eigenvalue weighted by Crippen LogP contribution is 2.09. The van der Waals surface area contributed by atoms with E-state index in [0.29, 0.717) is 39.0 Å². The molecule has 0 aliphatic carbocycles. The Morgan fingerprint density at radius 3 is 2.36 bits per heavy atom. The van der Waals surface area contributed by atoms with Crippen LogP contribution < -0.4 is 0 Å². The summed E-state index contributed by atoms with van der Waals surface area (Å²) in [6.07, 6.45) is 0.884. The van der Waals surface area contributed by atoms with E-state index < -0.39 is 0 Å². The molecule has 1 saturated heterocycles. The first kappa shape index (κ1) is 16.4. The zero-order chi connectivity index (χ0) is 15.9. The van der Waals surface area contributed by atoms with Crippen molar-refractivity contribution in [2.75, 3.05) is 39.9 Å². The number of piperazine rings is 1. The highest BCUT2D eigenvalue weighted by Gasteiger charge is 2.23. The number of rotatable bonds is 5. The van der Waals surface area contributed by atoms with Crippen molar-refractivity contribution in [3.05, 3.63) is 35.6 Å². The lowest BCUT2D eigenvalue weighted by Crippen LogP contribution is -2.51. The van der Waals surface area contributed by atoms with Crippen LogP contribution in [0, 0.1) is 5.82 Å². The largest absolute Gasteiger partial charge is 0.375 e. The van der Waals surface area contributed by atoms with Gasteiger partial charge in [-0.1, -0.05) is 12.1 Å². The molecule has 5 nitrogen and oxygen atoms in total. The minimum atomic E-state index is -0.282. The minimum Gasteiger partial charge on any atom is -0.375 e. The summed E-state index contributed by atoms with van der Waals surface area (Å²) in [5, 5.41) is 0. The molecule has 0 radical (unpaired) electrons. The predicted molar refractivity (Wildman–Crippen MR) is 79.8 cm³/mol. The van der Waals surface area contributed by atoms with Crippen LogP contribution in [0.4, 0.5) is 4.39 Å². The van der Waals surface area contributed by atoms with Crippen LogP contribution in [-0.2, 0) is 20.7 Å². The number of nitrogens with zero attached hydrogens (tertiary/aromatic N) is 2. The molecular formula is C16H21FN2O3. The van der Waals surface area contributed by atoms with Crippen molar-refractivity contribution in [1.82, 2.24) is 9.80 Å². The van der Waals surface area contributed by atoms with Gasteiger partial charge in [0.05, 0.1) is 0 Å². The summed E-state index contributed by atoms with van der Waals surface area (Å²) < 4.78 is 17.9. The molecule has 2 rings (SSSR count). The summed E-state index contributed by atoms with van der Waals surface area (Å²) in [6, 6.07) is 6.31. The van der Waals surface area contributed by atoms with E-state index in [1.807, 2.05) is 6.07 Å². The van der Waals surface area contributed by atoms with Gasteiger partial charge in [0.2, 0.25) is 11.8 Å². The van der Waals surface area contributed by atoms with Crippen LogP contribution in [0.2, 0.25) is 0 Å². The van der Waals surface area contributed by atoms with Crippen LogP contribution >= 0.6 is 0 Å². The lowest BCUT2D eigenvalue weighted by atomic mass is 10.1. The summed E-state index contributed by atoms with van der Waals surface area (Å²) in [7, 11) is 1.49. The number of carbonyl (C=O) groups is 2. The summed E-state index contributed by atoms with van der Waals surface area (Å²) in [6.45, 7) is 2.23. The van der Waals surface area contributed by atoms with Crippen LogP contribution in [0.5, 0.6) is 0 Å². The minimum absolute atomic E-state index is 0.0445. The van der Waals surface area contributed by atoms with E-state index in [-0.39, 0.29) is 24.2 Å². The Hall–Kier alpha value is -1.95. The second-order valence-electron chi connectivity index (χ2n) is 5.32. The van der Waals surface area contributed by atoms with E-state index in [4.69, 9.17) is 4.74 Å². The SMILES string of the molecule is COCC(=O)N1CCN(C(=O)CCc2cccc(F)c2)CC1. The first-order valence-electron chi connectivity index (χ1n) is 7.39. The Labute approximate surface area is 129 Å². The molecule has 0 N–H and O–H groups in total. The molecule has 6 heteroatoms. The Kier molecular flexibility index (Phi) is 5.89. The third-order valence-electron chi connectivity index (χ3n) is 3.77. The van der Waals surface area contributed by atoms with Gasteiger partial charge in [0.25, 0.3) is 0 Å². The van der Waals surface area contributed by atoms with E-state index in [1.54, 1.807) is 15.9 Å². The van der Waals surface area contributed by atoms with Crippen molar-refractivity contribution in [1.29, 1.82) is 0 Å². The Morgan fingerprint density at radius 1 is 1.14 bits per heavy atom. The van der Waals surface area contributed by atoms with Crippen molar-refractivity contribution in [2.24, 2.45) is 0 Å². The molecule has 0 unspecified atom stereocenters. The zero-order valence-corrected chi connectivity index (χ0v) is 12.8. The fourth-order valence-corrected chi connectivity index (χ4v) is 2.52. The molecule has 0 spiro atoms.